The van der Waals surface area contributed by atoms with Gasteiger partial charge < -0.3 is 14.0 Å². The van der Waals surface area contributed by atoms with E-state index < -0.39 is 12.0 Å². The molecule has 0 amide bonds. The molecule has 0 bridgehead atoms. The molecule has 5 aromatic rings. The summed E-state index contributed by atoms with van der Waals surface area (Å²) in [4.78, 5) is 32.6. The topological polar surface area (TPSA) is 74.8 Å². The van der Waals surface area contributed by atoms with E-state index in [1.807, 2.05) is 85.9 Å². The third-order valence-corrected chi connectivity index (χ3v) is 8.78. The second kappa shape index (κ2) is 12.1. The van der Waals surface area contributed by atoms with E-state index in [1.165, 1.54) is 11.3 Å². The minimum absolute atomic E-state index is 0.217. The predicted molar refractivity (Wildman–Crippen MR) is 171 cm³/mol. The number of nitrogens with zero attached hydrogens (tertiary/aromatic N) is 3. The van der Waals surface area contributed by atoms with Crippen molar-refractivity contribution in [3.63, 3.8) is 0 Å². The molecule has 3 heterocycles. The summed E-state index contributed by atoms with van der Waals surface area (Å²) < 4.78 is 15.3. The van der Waals surface area contributed by atoms with Crippen molar-refractivity contribution >= 4 is 45.9 Å². The van der Waals surface area contributed by atoms with Gasteiger partial charge in [0.05, 0.1) is 35.1 Å². The number of hydrogen-bond acceptors (Lipinski definition) is 6. The first-order valence-electron chi connectivity index (χ1n) is 14.1. The van der Waals surface area contributed by atoms with Crippen molar-refractivity contribution in [1.82, 2.24) is 9.13 Å². The standard InChI is InChI=1S/C34H30ClN3O4S/c1-4-41-25-16-14-22(15-17-25)31-30(33(40)42-5-2)21(3)36-34-38(31)32(39)29(43-34)18-24-20-37(28-13-9-7-11-26(24)28)19-23-10-6-8-12-27(23)35/h6-18,20,31H,4-5,19H2,1-3H3/b29-18-. The van der Waals surface area contributed by atoms with Gasteiger partial charge in [-0.1, -0.05) is 71.5 Å². The zero-order valence-electron chi connectivity index (χ0n) is 24.0. The number of fused-ring (bicyclic) bond motifs is 2. The Morgan fingerprint density at radius 1 is 1.02 bits per heavy atom. The minimum atomic E-state index is -0.685. The third-order valence-electron chi connectivity index (χ3n) is 7.43. The summed E-state index contributed by atoms with van der Waals surface area (Å²) in [6.45, 7) is 6.82. The molecular weight excluding hydrogens is 582 g/mol. The number of carbonyl (C=O) groups excluding carboxylic acids is 1. The number of benzene rings is 3. The van der Waals surface area contributed by atoms with Crippen molar-refractivity contribution in [2.75, 3.05) is 13.2 Å². The van der Waals surface area contributed by atoms with Gasteiger partial charge in [-0.2, -0.15) is 0 Å². The van der Waals surface area contributed by atoms with Crippen LogP contribution in [0.5, 0.6) is 5.75 Å². The van der Waals surface area contributed by atoms with Crippen LogP contribution in [0.3, 0.4) is 0 Å². The van der Waals surface area contributed by atoms with E-state index in [9.17, 15) is 9.59 Å². The van der Waals surface area contributed by atoms with Crippen molar-refractivity contribution in [3.8, 4) is 5.75 Å². The molecule has 0 spiro atoms. The van der Waals surface area contributed by atoms with Gasteiger partial charge in [0.25, 0.3) is 5.56 Å². The SMILES string of the molecule is CCOC(=O)C1=C(C)N=c2s/c(=C\c3cn(Cc4ccccc4Cl)c4ccccc34)c(=O)n2C1c1ccc(OCC)cc1. The highest BCUT2D eigenvalue weighted by Crippen LogP contribution is 2.32. The summed E-state index contributed by atoms with van der Waals surface area (Å²) in [5, 5.41) is 1.73. The van der Waals surface area contributed by atoms with Crippen molar-refractivity contribution in [1.29, 1.82) is 0 Å². The molecule has 6 rings (SSSR count). The number of allylic oxidation sites excluding steroid dienone is 1. The predicted octanol–water partition coefficient (Wildman–Crippen LogP) is 5.85. The lowest BCUT2D eigenvalue weighted by molar-refractivity contribution is -0.139. The van der Waals surface area contributed by atoms with Crippen LogP contribution < -0.4 is 19.6 Å². The lowest BCUT2D eigenvalue weighted by Gasteiger charge is -2.24. The first-order valence-corrected chi connectivity index (χ1v) is 15.3. The summed E-state index contributed by atoms with van der Waals surface area (Å²) >= 11 is 7.79. The minimum Gasteiger partial charge on any atom is -0.494 e. The van der Waals surface area contributed by atoms with Gasteiger partial charge in [-0.15, -0.1) is 0 Å². The van der Waals surface area contributed by atoms with Crippen molar-refractivity contribution in [2.24, 2.45) is 4.99 Å². The number of esters is 1. The number of ether oxygens (including phenoxy) is 2. The number of thiazole rings is 1. The van der Waals surface area contributed by atoms with Gasteiger partial charge in [0, 0.05) is 34.2 Å². The Morgan fingerprint density at radius 3 is 2.51 bits per heavy atom. The van der Waals surface area contributed by atoms with E-state index >= 15 is 0 Å². The zero-order chi connectivity index (χ0) is 30.1. The fraction of sp³-hybridized carbons (Fsp3) is 0.206. The number of rotatable bonds is 8. The van der Waals surface area contributed by atoms with Crippen molar-refractivity contribution < 1.29 is 14.3 Å². The summed E-state index contributed by atoms with van der Waals surface area (Å²) in [6.07, 6.45) is 3.96. The molecule has 0 aliphatic carbocycles. The molecule has 218 valence electrons. The first kappa shape index (κ1) is 28.7. The molecule has 0 saturated carbocycles. The molecule has 3 aromatic carbocycles. The fourth-order valence-corrected chi connectivity index (χ4v) is 6.73. The van der Waals surface area contributed by atoms with Gasteiger partial charge >= 0.3 is 5.97 Å². The van der Waals surface area contributed by atoms with Crippen LogP contribution in [0.2, 0.25) is 5.02 Å². The maximum Gasteiger partial charge on any atom is 0.338 e. The van der Waals surface area contributed by atoms with E-state index in [2.05, 4.69) is 10.6 Å². The Hall–Kier alpha value is -4.40. The highest BCUT2D eigenvalue weighted by molar-refractivity contribution is 7.07. The Kier molecular flexibility index (Phi) is 8.06. The van der Waals surface area contributed by atoms with Gasteiger partial charge in [0.1, 0.15) is 5.75 Å². The molecule has 0 fully saturated rings. The molecule has 1 unspecified atom stereocenters. The molecule has 43 heavy (non-hydrogen) atoms. The Balaban J connectivity index is 1.50. The second-order valence-electron chi connectivity index (χ2n) is 10.1. The lowest BCUT2D eigenvalue weighted by atomic mass is 9.96. The average Bonchev–Trinajstić information content (AvgIpc) is 3.50. The fourth-order valence-electron chi connectivity index (χ4n) is 5.49. The quantitative estimate of drug-likeness (QED) is 0.206. The maximum absolute atomic E-state index is 14.1. The molecule has 0 radical (unpaired) electrons. The molecule has 1 aliphatic rings. The average molecular weight is 612 g/mol. The van der Waals surface area contributed by atoms with E-state index in [0.717, 1.165) is 27.6 Å². The number of hydrogen-bond donors (Lipinski definition) is 0. The second-order valence-corrected chi connectivity index (χ2v) is 11.5. The normalized spacial score (nSPS) is 15.0. The van der Waals surface area contributed by atoms with Crippen LogP contribution in [-0.4, -0.2) is 28.3 Å². The third kappa shape index (κ3) is 5.44. The van der Waals surface area contributed by atoms with Crippen LogP contribution in [0, 0.1) is 0 Å². The van der Waals surface area contributed by atoms with Gasteiger partial charge in [-0.05, 0) is 62.2 Å². The number of para-hydroxylation sites is 1. The Labute approximate surface area is 257 Å². The Morgan fingerprint density at radius 2 is 1.77 bits per heavy atom. The summed E-state index contributed by atoms with van der Waals surface area (Å²) in [5.74, 6) is 0.227. The molecule has 1 aliphatic heterocycles. The number of carbonyl (C=O) groups is 1. The van der Waals surface area contributed by atoms with Crippen LogP contribution in [0.1, 0.15) is 43.5 Å². The van der Waals surface area contributed by atoms with Crippen LogP contribution >= 0.6 is 22.9 Å². The summed E-state index contributed by atoms with van der Waals surface area (Å²) in [7, 11) is 0. The van der Waals surface area contributed by atoms with Gasteiger partial charge in [-0.25, -0.2) is 9.79 Å². The van der Waals surface area contributed by atoms with Crippen LogP contribution in [0.25, 0.3) is 17.0 Å². The largest absolute Gasteiger partial charge is 0.494 e. The van der Waals surface area contributed by atoms with E-state index in [4.69, 9.17) is 26.1 Å². The summed E-state index contributed by atoms with van der Waals surface area (Å²) in [6, 6.07) is 22.7. The lowest BCUT2D eigenvalue weighted by Crippen LogP contribution is -2.39. The molecule has 0 saturated heterocycles. The zero-order valence-corrected chi connectivity index (χ0v) is 25.6. The van der Waals surface area contributed by atoms with E-state index in [-0.39, 0.29) is 12.2 Å². The van der Waals surface area contributed by atoms with E-state index in [0.29, 0.717) is 44.5 Å². The van der Waals surface area contributed by atoms with Crippen LogP contribution in [0.4, 0.5) is 0 Å². The molecular formula is C34H30ClN3O4S. The monoisotopic (exact) mass is 611 g/mol. The highest BCUT2D eigenvalue weighted by atomic mass is 35.5. The first-order chi connectivity index (χ1) is 20.9. The van der Waals surface area contributed by atoms with Gasteiger partial charge in [-0.3, -0.25) is 9.36 Å². The highest BCUT2D eigenvalue weighted by Gasteiger charge is 2.33. The van der Waals surface area contributed by atoms with Gasteiger partial charge in [0.15, 0.2) is 4.80 Å². The molecule has 2 aromatic heterocycles. The van der Waals surface area contributed by atoms with Crippen molar-refractivity contribution in [2.45, 2.75) is 33.4 Å². The smallest absolute Gasteiger partial charge is 0.338 e. The van der Waals surface area contributed by atoms with Crippen LogP contribution in [-0.2, 0) is 16.1 Å². The van der Waals surface area contributed by atoms with Crippen LogP contribution in [0.15, 0.2) is 100 Å². The maximum atomic E-state index is 14.1. The summed E-state index contributed by atoms with van der Waals surface area (Å²) in [5.41, 5.74) is 4.38. The van der Waals surface area contributed by atoms with Crippen molar-refractivity contribution in [3.05, 3.63) is 132 Å². The van der Waals surface area contributed by atoms with Gasteiger partial charge in [0.2, 0.25) is 0 Å². The molecule has 9 heteroatoms. The number of aromatic nitrogens is 2. The Bertz CT molecular complexity index is 2050. The molecule has 0 N–H and O–H groups in total. The van der Waals surface area contributed by atoms with E-state index in [1.54, 1.807) is 18.4 Å². The molecule has 7 nitrogen and oxygen atoms in total. The molecule has 1 atom stereocenters. The number of halogens is 1.